The molecule has 0 bridgehead atoms. The van der Waals surface area contributed by atoms with Crippen molar-refractivity contribution in [3.8, 4) is 17.3 Å². The van der Waals surface area contributed by atoms with Gasteiger partial charge in [0.05, 0.1) is 16.3 Å². The first kappa shape index (κ1) is 15.9. The second kappa shape index (κ2) is 5.35. The average molecular weight is 328 g/mol. The van der Waals surface area contributed by atoms with Gasteiger partial charge in [0.25, 0.3) is 0 Å². The fourth-order valence-electron chi connectivity index (χ4n) is 1.98. The van der Waals surface area contributed by atoms with Crippen LogP contribution in [0.5, 0.6) is 0 Å². The summed E-state index contributed by atoms with van der Waals surface area (Å²) in [5, 5.41) is 8.94. The van der Waals surface area contributed by atoms with E-state index in [1.807, 2.05) is 0 Å². The monoisotopic (exact) mass is 327 g/mol. The van der Waals surface area contributed by atoms with Gasteiger partial charge in [-0.15, -0.1) is 0 Å². The minimum atomic E-state index is -4.53. The molecule has 0 saturated heterocycles. The maximum Gasteiger partial charge on any atom is 0.416 e. The summed E-state index contributed by atoms with van der Waals surface area (Å²) in [5.41, 5.74) is 10.0. The van der Waals surface area contributed by atoms with Crippen LogP contribution in [0.4, 0.5) is 24.9 Å². The summed E-state index contributed by atoms with van der Waals surface area (Å²) in [6.07, 6.45) is -4.53. The van der Waals surface area contributed by atoms with E-state index >= 15 is 0 Å². The molecule has 0 aliphatic rings. The van der Waals surface area contributed by atoms with Crippen LogP contribution < -0.4 is 11.5 Å². The van der Waals surface area contributed by atoms with Gasteiger partial charge in [-0.25, -0.2) is 4.98 Å². The van der Waals surface area contributed by atoms with E-state index in [9.17, 15) is 13.2 Å². The predicted octanol–water partition coefficient (Wildman–Crippen LogP) is 3.16. The molecule has 0 aliphatic carbocycles. The predicted molar refractivity (Wildman–Crippen MR) is 75.8 cm³/mol. The minimum Gasteiger partial charge on any atom is -0.382 e. The highest BCUT2D eigenvalue weighted by Crippen LogP contribution is 2.40. The van der Waals surface area contributed by atoms with Gasteiger partial charge in [0.15, 0.2) is 0 Å². The van der Waals surface area contributed by atoms with E-state index in [0.717, 1.165) is 12.1 Å². The van der Waals surface area contributed by atoms with Gasteiger partial charge in [0.1, 0.15) is 17.5 Å². The highest BCUT2D eigenvalue weighted by atomic mass is 35.5. The number of nitrogens with two attached hydrogens (primary N) is 2. The Hall–Kier alpha value is -2.53. The standard InChI is InChI=1S/C13H9ClF3N5/c1-5-8(13(15,16)17)3-2-6(9(5)14)10-7(4-18)11(19)22-12(20)21-10/h2-3H,1H3,(H4,19,20,21,22). The fourth-order valence-corrected chi connectivity index (χ4v) is 2.23. The van der Waals surface area contributed by atoms with Crippen molar-refractivity contribution in [2.45, 2.75) is 13.1 Å². The highest BCUT2D eigenvalue weighted by Gasteiger charge is 2.34. The second-order valence-corrected chi connectivity index (χ2v) is 4.78. The lowest BCUT2D eigenvalue weighted by Gasteiger charge is -2.15. The van der Waals surface area contributed by atoms with Gasteiger partial charge in [0.2, 0.25) is 5.95 Å². The van der Waals surface area contributed by atoms with Crippen LogP contribution in [0.2, 0.25) is 5.02 Å². The van der Waals surface area contributed by atoms with Crippen LogP contribution in [-0.4, -0.2) is 9.97 Å². The molecular weight excluding hydrogens is 319 g/mol. The number of hydrogen-bond acceptors (Lipinski definition) is 5. The molecule has 0 spiro atoms. The zero-order chi connectivity index (χ0) is 16.7. The zero-order valence-electron chi connectivity index (χ0n) is 11.2. The van der Waals surface area contributed by atoms with Crippen molar-refractivity contribution >= 4 is 23.4 Å². The van der Waals surface area contributed by atoms with Crippen LogP contribution in [0.25, 0.3) is 11.3 Å². The molecule has 0 radical (unpaired) electrons. The summed E-state index contributed by atoms with van der Waals surface area (Å²) in [6.45, 7) is 1.23. The van der Waals surface area contributed by atoms with E-state index in [-0.39, 0.29) is 39.2 Å². The molecule has 9 heteroatoms. The number of nitrogen functional groups attached to an aromatic ring is 2. The highest BCUT2D eigenvalue weighted by molar-refractivity contribution is 6.34. The Balaban J connectivity index is 2.76. The molecule has 4 N–H and O–H groups in total. The first-order valence-electron chi connectivity index (χ1n) is 5.86. The molecule has 0 saturated carbocycles. The molecule has 0 aliphatic heterocycles. The van der Waals surface area contributed by atoms with Gasteiger partial charge in [-0.1, -0.05) is 17.7 Å². The van der Waals surface area contributed by atoms with Crippen molar-refractivity contribution in [3.05, 3.63) is 33.8 Å². The molecule has 2 aromatic rings. The summed E-state index contributed by atoms with van der Waals surface area (Å²) in [4.78, 5) is 7.51. The number of nitrogens with zero attached hydrogens (tertiary/aromatic N) is 3. The largest absolute Gasteiger partial charge is 0.416 e. The Kier molecular flexibility index (Phi) is 3.85. The van der Waals surface area contributed by atoms with Crippen molar-refractivity contribution in [3.63, 3.8) is 0 Å². The average Bonchev–Trinajstić information content (AvgIpc) is 2.39. The van der Waals surface area contributed by atoms with Crippen molar-refractivity contribution in [1.29, 1.82) is 5.26 Å². The van der Waals surface area contributed by atoms with Gasteiger partial charge in [-0.05, 0) is 18.6 Å². The molecule has 5 nitrogen and oxygen atoms in total. The number of halogens is 4. The topological polar surface area (TPSA) is 102 Å². The summed E-state index contributed by atoms with van der Waals surface area (Å²) < 4.78 is 38.6. The number of rotatable bonds is 1. The third-order valence-corrected chi connectivity index (χ3v) is 3.50. The first-order valence-corrected chi connectivity index (χ1v) is 6.24. The van der Waals surface area contributed by atoms with E-state index in [2.05, 4.69) is 9.97 Å². The van der Waals surface area contributed by atoms with E-state index in [4.69, 9.17) is 28.3 Å². The number of hydrogen-bond donors (Lipinski definition) is 2. The van der Waals surface area contributed by atoms with E-state index < -0.39 is 11.7 Å². The van der Waals surface area contributed by atoms with Crippen molar-refractivity contribution in [2.75, 3.05) is 11.5 Å². The quantitative estimate of drug-likeness (QED) is 0.837. The summed E-state index contributed by atoms with van der Waals surface area (Å²) >= 11 is 6.02. The van der Waals surface area contributed by atoms with Crippen LogP contribution in [-0.2, 0) is 6.18 Å². The number of benzene rings is 1. The Morgan fingerprint density at radius 3 is 2.41 bits per heavy atom. The zero-order valence-corrected chi connectivity index (χ0v) is 11.9. The van der Waals surface area contributed by atoms with Gasteiger partial charge in [-0.3, -0.25) is 0 Å². The Morgan fingerprint density at radius 2 is 1.86 bits per heavy atom. The molecule has 1 aromatic heterocycles. The Morgan fingerprint density at radius 1 is 1.23 bits per heavy atom. The van der Waals surface area contributed by atoms with E-state index in [0.29, 0.717) is 0 Å². The van der Waals surface area contributed by atoms with Gasteiger partial charge in [0, 0.05) is 5.56 Å². The summed E-state index contributed by atoms with van der Waals surface area (Å²) in [5.74, 6) is -0.376. The van der Waals surface area contributed by atoms with Crippen LogP contribution in [0.1, 0.15) is 16.7 Å². The summed E-state index contributed by atoms with van der Waals surface area (Å²) in [6, 6.07) is 3.79. The van der Waals surface area contributed by atoms with Crippen LogP contribution in [0.15, 0.2) is 12.1 Å². The van der Waals surface area contributed by atoms with Crippen molar-refractivity contribution in [1.82, 2.24) is 9.97 Å². The van der Waals surface area contributed by atoms with Crippen molar-refractivity contribution in [2.24, 2.45) is 0 Å². The lowest BCUT2D eigenvalue weighted by molar-refractivity contribution is -0.138. The molecule has 0 unspecified atom stereocenters. The lowest BCUT2D eigenvalue weighted by Crippen LogP contribution is -2.09. The number of anilines is 2. The first-order chi connectivity index (χ1) is 10.2. The van der Waals surface area contributed by atoms with Gasteiger partial charge < -0.3 is 11.5 Å². The third kappa shape index (κ3) is 2.63. The van der Waals surface area contributed by atoms with Crippen LogP contribution >= 0.6 is 11.6 Å². The number of alkyl halides is 3. The molecule has 114 valence electrons. The number of aromatic nitrogens is 2. The molecule has 0 fully saturated rings. The third-order valence-electron chi connectivity index (χ3n) is 3.01. The van der Waals surface area contributed by atoms with Crippen molar-refractivity contribution < 1.29 is 13.2 Å². The van der Waals surface area contributed by atoms with Crippen LogP contribution in [0, 0.1) is 18.3 Å². The fraction of sp³-hybridized carbons (Fsp3) is 0.154. The van der Waals surface area contributed by atoms with Gasteiger partial charge >= 0.3 is 6.18 Å². The Labute approximate surface area is 128 Å². The second-order valence-electron chi connectivity index (χ2n) is 4.40. The lowest BCUT2D eigenvalue weighted by atomic mass is 10.00. The van der Waals surface area contributed by atoms with Gasteiger partial charge in [-0.2, -0.15) is 23.4 Å². The molecular formula is C13H9ClF3N5. The van der Waals surface area contributed by atoms with E-state index in [1.165, 1.54) is 6.92 Å². The Bertz CT molecular complexity index is 796. The summed E-state index contributed by atoms with van der Waals surface area (Å²) in [7, 11) is 0. The molecule has 2 rings (SSSR count). The van der Waals surface area contributed by atoms with E-state index in [1.54, 1.807) is 6.07 Å². The molecule has 1 aromatic carbocycles. The normalized spacial score (nSPS) is 11.3. The molecule has 22 heavy (non-hydrogen) atoms. The maximum absolute atomic E-state index is 12.9. The SMILES string of the molecule is Cc1c(C(F)(F)F)ccc(-c2nc(N)nc(N)c2C#N)c1Cl. The maximum atomic E-state index is 12.9. The molecule has 0 amide bonds. The molecule has 1 heterocycles. The number of nitriles is 1. The minimum absolute atomic E-state index is 0.00526. The smallest absolute Gasteiger partial charge is 0.382 e. The van der Waals surface area contributed by atoms with Crippen LogP contribution in [0.3, 0.4) is 0 Å². The molecule has 0 atom stereocenters.